The third-order valence-electron chi connectivity index (χ3n) is 20.4. The van der Waals surface area contributed by atoms with Crippen LogP contribution in [0.3, 0.4) is 0 Å². The van der Waals surface area contributed by atoms with Crippen LogP contribution in [0.5, 0.6) is 0 Å². The van der Waals surface area contributed by atoms with Gasteiger partial charge in [0.1, 0.15) is 12.2 Å². The van der Waals surface area contributed by atoms with Gasteiger partial charge in [-0.05, 0) is 165 Å². The monoisotopic (exact) mass is 1080 g/mol. The number of rotatable bonds is 23. The molecular weight excluding hydrogens is 991 g/mol. The average molecular weight is 1080 g/mol. The number of phosphoric acid groups is 1. The molecule has 4 fully saturated rings. The van der Waals surface area contributed by atoms with Crippen molar-refractivity contribution >= 4 is 25.7 Å². The molecule has 0 aromatic rings. The molecule has 15 nitrogen and oxygen atoms in total. The van der Waals surface area contributed by atoms with Gasteiger partial charge in [-0.25, -0.2) is 4.79 Å². The Labute approximate surface area is 469 Å². The minimum atomic E-state index is -5.32. The molecule has 7 aliphatic rings. The van der Waals surface area contributed by atoms with Gasteiger partial charge in [0.2, 0.25) is 5.76 Å². The number of ether oxygens (including phenoxy) is 3. The van der Waals surface area contributed by atoms with Crippen LogP contribution in [-0.4, -0.2) is 92.8 Å². The first kappa shape index (κ1) is 62.6. The fraction of sp³-hybridized carbons (Fsp3) is 0.845. The van der Waals surface area contributed by atoms with Crippen molar-refractivity contribution in [2.45, 2.75) is 221 Å². The SMILES string of the molecule is CC[C@H](CC[C@@H](C)C1CC[C@H]2[C@@H]3CC[C@H]4CC(OP(=O)([O-])OC5=C(OC(=O)C[C@H](O)C[C@H](O)CC[C@@H]6[C@@H]7C(=C[C@@H](O)C[C@@H]7OC(=O)[C@@H](C)CC)C=C[C@@H]6C)C(C(O)CO)OC5=O)CC[C@]4(C)[C@H]3CC[C@]12C)C(C)C.[Na+]. The third kappa shape index (κ3) is 14.1. The van der Waals surface area contributed by atoms with Crippen molar-refractivity contribution in [2.75, 3.05) is 6.61 Å². The predicted octanol–water partition coefficient (Wildman–Crippen LogP) is 6.02. The molecule has 7 rings (SSSR count). The number of aliphatic hydroxyl groups excluding tert-OH is 5. The van der Waals surface area contributed by atoms with Crippen LogP contribution >= 0.6 is 7.82 Å². The Morgan fingerprint density at radius 3 is 2.31 bits per heavy atom. The Morgan fingerprint density at radius 1 is 0.920 bits per heavy atom. The maximum Gasteiger partial charge on any atom is 1.00 e. The normalized spacial score (nSPS) is 37.4. The molecule has 6 aliphatic carbocycles. The first-order valence-electron chi connectivity index (χ1n) is 28.7. The van der Waals surface area contributed by atoms with Crippen LogP contribution in [0.25, 0.3) is 0 Å². The summed E-state index contributed by atoms with van der Waals surface area (Å²) in [7, 11) is -5.32. The molecule has 5 unspecified atom stereocenters. The summed E-state index contributed by atoms with van der Waals surface area (Å²) in [4.78, 5) is 53.1. The number of hydrogen-bond acceptors (Lipinski definition) is 15. The Morgan fingerprint density at radius 2 is 1.63 bits per heavy atom. The molecule has 0 radical (unpaired) electrons. The van der Waals surface area contributed by atoms with E-state index in [9.17, 15) is 49.4 Å². The molecule has 0 spiro atoms. The minimum Gasteiger partial charge on any atom is -0.746 e. The van der Waals surface area contributed by atoms with E-state index in [1.165, 1.54) is 44.9 Å². The molecule has 0 aromatic carbocycles. The van der Waals surface area contributed by atoms with Gasteiger partial charge in [-0.15, -0.1) is 0 Å². The van der Waals surface area contributed by atoms with Crippen LogP contribution < -0.4 is 34.5 Å². The molecule has 420 valence electrons. The zero-order valence-electron chi connectivity index (χ0n) is 46.9. The number of hydrogen-bond donors (Lipinski definition) is 5. The summed E-state index contributed by atoms with van der Waals surface area (Å²) in [6.07, 6.45) is 11.0. The van der Waals surface area contributed by atoms with Crippen molar-refractivity contribution < 1.29 is 102 Å². The Kier molecular flexibility index (Phi) is 22.0. The third-order valence-corrected chi connectivity index (χ3v) is 21.4. The minimum absolute atomic E-state index is 0. The molecule has 0 amide bonds. The quantitative estimate of drug-likeness (QED) is 0.0340. The summed E-state index contributed by atoms with van der Waals surface area (Å²) < 4.78 is 41.2. The number of carbonyl (C=O) groups is 3. The number of phosphoric ester groups is 1. The van der Waals surface area contributed by atoms with Gasteiger partial charge in [0.15, 0.2) is 6.10 Å². The summed E-state index contributed by atoms with van der Waals surface area (Å²) >= 11 is 0. The van der Waals surface area contributed by atoms with Crippen LogP contribution in [0.2, 0.25) is 0 Å². The van der Waals surface area contributed by atoms with Crippen LogP contribution in [-0.2, 0) is 42.2 Å². The van der Waals surface area contributed by atoms with Crippen molar-refractivity contribution in [2.24, 2.45) is 81.8 Å². The maximum absolute atomic E-state index is 13.7. The van der Waals surface area contributed by atoms with Crippen molar-refractivity contribution in [3.63, 3.8) is 0 Å². The molecule has 0 aromatic heterocycles. The van der Waals surface area contributed by atoms with E-state index in [1.807, 2.05) is 26.0 Å². The maximum atomic E-state index is 13.7. The van der Waals surface area contributed by atoms with E-state index in [4.69, 9.17) is 23.3 Å². The molecule has 5 N–H and O–H groups in total. The molecule has 75 heavy (non-hydrogen) atoms. The molecule has 1 heterocycles. The second-order valence-corrected chi connectivity index (χ2v) is 26.4. The largest absolute Gasteiger partial charge is 1.00 e. The van der Waals surface area contributed by atoms with Crippen LogP contribution in [0.15, 0.2) is 35.3 Å². The Balaban J connectivity index is 0.00000914. The van der Waals surface area contributed by atoms with Crippen LogP contribution in [0.1, 0.15) is 178 Å². The van der Waals surface area contributed by atoms with E-state index in [2.05, 4.69) is 41.5 Å². The number of fused-ring (bicyclic) bond motifs is 6. The van der Waals surface area contributed by atoms with Gasteiger partial charge in [-0.3, -0.25) is 14.2 Å². The van der Waals surface area contributed by atoms with E-state index >= 15 is 0 Å². The molecule has 0 saturated heterocycles. The standard InChI is InChI=1S/C58H93O15P.Na/c1-10-33(5)55(65)69-49-29-40(61)26-37-15-12-34(6)43(51(37)49)19-17-39(60)28-41(62)30-50(64)70-53-52(48(63)31-59)71-56(66)54(53)73-74(67,68)72-42-22-24-57(8)38(27-42)16-18-44-46-21-20-45(58(46,9)25-23-47(44)57)35(7)13-14-36(11-2)32(3)4;/h12,15,26,32-36,38-49,51-52,59-63H,10-11,13-14,16-25,27-31H2,1-9H3,(H,67,68);/q;+1/p-1/t33-,34-,35+,36+,38-,39+,40+,41+,42?,43-,44-,45?,46-,47-,48?,49-,51-,52?,57-,58+;/m0./s1. The first-order chi connectivity index (χ1) is 34.9. The topological polar surface area (TPSA) is 239 Å². The molecule has 4 saturated carbocycles. The molecule has 21 atom stereocenters. The van der Waals surface area contributed by atoms with E-state index in [-0.39, 0.29) is 89.8 Å². The van der Waals surface area contributed by atoms with E-state index < -0.39 is 87.0 Å². The smallest absolute Gasteiger partial charge is 0.746 e. The van der Waals surface area contributed by atoms with Crippen molar-refractivity contribution in [3.05, 3.63) is 35.3 Å². The number of cyclic esters (lactones) is 1. The fourth-order valence-electron chi connectivity index (χ4n) is 16.0. The second kappa shape index (κ2) is 26.3. The van der Waals surface area contributed by atoms with E-state index in [1.54, 1.807) is 13.0 Å². The number of allylic oxidation sites excluding steroid dienone is 2. The Bertz CT molecular complexity index is 2110. The molecular formula is C58H92NaO15P. The summed E-state index contributed by atoms with van der Waals surface area (Å²) in [6.45, 7) is 19.4. The Hall–Kier alpha value is -1.62. The van der Waals surface area contributed by atoms with Gasteiger partial charge in [-0.2, -0.15) is 0 Å². The van der Waals surface area contributed by atoms with Gasteiger partial charge in [0.05, 0.1) is 43.4 Å². The van der Waals surface area contributed by atoms with Gasteiger partial charge in [0.25, 0.3) is 5.76 Å². The summed E-state index contributed by atoms with van der Waals surface area (Å²) in [5.74, 6) is 0.00235. The van der Waals surface area contributed by atoms with Crippen LogP contribution in [0.4, 0.5) is 0 Å². The first-order valence-corrected chi connectivity index (χ1v) is 30.2. The van der Waals surface area contributed by atoms with Crippen molar-refractivity contribution in [3.8, 4) is 0 Å². The number of esters is 3. The average Bonchev–Trinajstić information content (AvgIpc) is 3.85. The van der Waals surface area contributed by atoms with Gasteiger partial charge in [0, 0.05) is 12.3 Å². The summed E-state index contributed by atoms with van der Waals surface area (Å²) in [6, 6.07) is 0. The summed E-state index contributed by atoms with van der Waals surface area (Å²) in [5, 5.41) is 53.0. The predicted molar refractivity (Wildman–Crippen MR) is 276 cm³/mol. The van der Waals surface area contributed by atoms with E-state index in [0.717, 1.165) is 36.7 Å². The number of carbonyl (C=O) groups excluding carboxylic acids is 3. The van der Waals surface area contributed by atoms with Gasteiger partial charge >= 0.3 is 55.3 Å². The van der Waals surface area contributed by atoms with Gasteiger partial charge < -0.3 is 53.7 Å². The van der Waals surface area contributed by atoms with Crippen molar-refractivity contribution in [1.29, 1.82) is 0 Å². The summed E-state index contributed by atoms with van der Waals surface area (Å²) in [5.41, 5.74) is 1.26. The zero-order valence-corrected chi connectivity index (χ0v) is 49.8. The van der Waals surface area contributed by atoms with E-state index in [0.29, 0.717) is 60.7 Å². The van der Waals surface area contributed by atoms with Crippen LogP contribution in [0, 0.1) is 81.8 Å². The van der Waals surface area contributed by atoms with Gasteiger partial charge in [-0.1, -0.05) is 93.4 Å². The number of aliphatic hydroxyl groups is 5. The van der Waals surface area contributed by atoms with Crippen molar-refractivity contribution in [1.82, 2.24) is 0 Å². The fourth-order valence-corrected chi connectivity index (χ4v) is 16.9. The molecule has 17 heteroatoms. The second-order valence-electron chi connectivity index (χ2n) is 25.1. The molecule has 1 aliphatic heterocycles. The molecule has 0 bridgehead atoms. The zero-order chi connectivity index (χ0) is 54.0.